The molecule has 0 aliphatic carbocycles. The first-order chi connectivity index (χ1) is 13.1. The van der Waals surface area contributed by atoms with E-state index in [1.807, 2.05) is 30.3 Å². The Labute approximate surface area is 162 Å². The molecule has 0 radical (unpaired) electrons. The summed E-state index contributed by atoms with van der Waals surface area (Å²) in [6.45, 7) is 5.28. The second kappa shape index (κ2) is 7.13. The van der Waals surface area contributed by atoms with Gasteiger partial charge in [-0.1, -0.05) is 32.0 Å². The van der Waals surface area contributed by atoms with Crippen LogP contribution in [0.25, 0.3) is 16.6 Å². The van der Waals surface area contributed by atoms with Crippen molar-refractivity contribution in [2.75, 3.05) is 12.3 Å². The minimum atomic E-state index is -0.634. The van der Waals surface area contributed by atoms with E-state index < -0.39 is 10.9 Å². The molecule has 1 aromatic heterocycles. The monoisotopic (exact) mass is 377 g/mol. The molecule has 1 aliphatic rings. The minimum absolute atomic E-state index is 0.242. The number of benzene rings is 2. The molecule has 1 aliphatic heterocycles. The third-order valence-electron chi connectivity index (χ3n) is 4.85. The van der Waals surface area contributed by atoms with E-state index in [2.05, 4.69) is 30.6 Å². The summed E-state index contributed by atoms with van der Waals surface area (Å²) in [7, 11) is -0.634. The molecule has 0 fully saturated rings. The lowest BCUT2D eigenvalue weighted by molar-refractivity contribution is 0.475. The molecular weight excluding hydrogens is 354 g/mol. The predicted octanol–water partition coefficient (Wildman–Crippen LogP) is 5.03. The summed E-state index contributed by atoms with van der Waals surface area (Å²) in [5.41, 5.74) is 2.77. The fourth-order valence-corrected chi connectivity index (χ4v) is 6.49. The maximum Gasteiger partial charge on any atom is 0.115 e. The number of fused-ring (bicyclic) bond motifs is 1. The van der Waals surface area contributed by atoms with E-state index in [-0.39, 0.29) is 5.75 Å². The van der Waals surface area contributed by atoms with Gasteiger partial charge in [-0.3, -0.25) is 4.99 Å². The highest BCUT2D eigenvalue weighted by Crippen LogP contribution is 2.48. The maximum absolute atomic E-state index is 10.0. The van der Waals surface area contributed by atoms with Crippen molar-refractivity contribution < 1.29 is 5.11 Å². The molecule has 1 unspecified atom stereocenters. The van der Waals surface area contributed by atoms with Crippen molar-refractivity contribution in [3.8, 4) is 17.5 Å². The molecule has 3 aromatic rings. The number of phenolic OH excluding ortho intramolecular Hbond substituents is 1. The number of aliphatic imine (C=N–C) groups is 1. The molecule has 1 atom stereocenters. The van der Waals surface area contributed by atoms with E-state index >= 15 is 0 Å². The number of nitriles is 1. The summed E-state index contributed by atoms with van der Waals surface area (Å²) in [6.07, 6.45) is 0.980. The summed E-state index contributed by atoms with van der Waals surface area (Å²) in [6, 6.07) is 17.8. The lowest BCUT2D eigenvalue weighted by Gasteiger charge is -2.22. The topological polar surface area (TPSA) is 61.3 Å². The Balaban J connectivity index is 1.99. The summed E-state index contributed by atoms with van der Waals surface area (Å²) in [5, 5.41) is 23.1. The molecule has 5 heteroatoms. The minimum Gasteiger partial charge on any atom is -0.508 e. The van der Waals surface area contributed by atoms with E-state index in [4.69, 9.17) is 4.99 Å². The van der Waals surface area contributed by atoms with Crippen molar-refractivity contribution in [3.63, 3.8) is 0 Å². The average molecular weight is 378 g/mol. The Morgan fingerprint density at radius 3 is 2.63 bits per heavy atom. The Kier molecular flexibility index (Phi) is 4.67. The van der Waals surface area contributed by atoms with Gasteiger partial charge >= 0.3 is 0 Å². The van der Waals surface area contributed by atoms with Gasteiger partial charge in [0.15, 0.2) is 0 Å². The fraction of sp³-hybridized carbons (Fsp3) is 0.273. The van der Waals surface area contributed by atoms with E-state index in [1.54, 1.807) is 12.1 Å². The smallest absolute Gasteiger partial charge is 0.115 e. The van der Waals surface area contributed by atoms with Crippen LogP contribution in [-0.2, 0) is 0 Å². The Bertz CT molecular complexity index is 1060. The lowest BCUT2D eigenvalue weighted by Crippen LogP contribution is -2.07. The second-order valence-electron chi connectivity index (χ2n) is 7.23. The van der Waals surface area contributed by atoms with Gasteiger partial charge in [0.05, 0.1) is 21.1 Å². The van der Waals surface area contributed by atoms with Crippen LogP contribution >= 0.6 is 10.9 Å². The Morgan fingerprint density at radius 2 is 1.93 bits per heavy atom. The molecule has 0 spiro atoms. The molecule has 2 heterocycles. The summed E-state index contributed by atoms with van der Waals surface area (Å²) in [4.78, 5) is 4.81. The summed E-state index contributed by atoms with van der Waals surface area (Å²) < 4.78 is 2.21. The van der Waals surface area contributed by atoms with Gasteiger partial charge in [0.2, 0.25) is 0 Å². The van der Waals surface area contributed by atoms with Gasteiger partial charge in [0.25, 0.3) is 0 Å². The van der Waals surface area contributed by atoms with Gasteiger partial charge in [-0.2, -0.15) is 16.2 Å². The summed E-state index contributed by atoms with van der Waals surface area (Å²) >= 11 is 0. The van der Waals surface area contributed by atoms with Crippen LogP contribution in [0.2, 0.25) is 0 Å². The van der Waals surface area contributed by atoms with Crippen LogP contribution in [0.5, 0.6) is 5.75 Å². The highest BCUT2D eigenvalue weighted by molar-refractivity contribution is 8.30. The van der Waals surface area contributed by atoms with E-state index in [0.29, 0.717) is 5.92 Å². The quantitative estimate of drug-likeness (QED) is 0.627. The van der Waals surface area contributed by atoms with Crippen LogP contribution in [0.3, 0.4) is 0 Å². The fourth-order valence-electron chi connectivity index (χ4n) is 3.72. The van der Waals surface area contributed by atoms with Crippen LogP contribution in [0, 0.1) is 17.2 Å². The molecule has 4 rings (SSSR count). The summed E-state index contributed by atoms with van der Waals surface area (Å²) in [5.74, 6) is 1.79. The van der Waals surface area contributed by atoms with E-state index in [0.717, 1.165) is 45.9 Å². The number of aromatic hydroxyl groups is 1. The van der Waals surface area contributed by atoms with E-state index in [1.165, 1.54) is 5.04 Å². The second-order valence-corrected chi connectivity index (χ2v) is 9.47. The first kappa shape index (κ1) is 17.7. The van der Waals surface area contributed by atoms with Crippen molar-refractivity contribution >= 4 is 26.8 Å². The number of aromatic nitrogens is 1. The molecule has 0 bridgehead atoms. The number of rotatable bonds is 4. The SMILES string of the molecule is CC(C)CC1=NCC[SH]1c1c(C#N)c2ccccc2n1-c1ccc(O)cc1. The zero-order valence-corrected chi connectivity index (χ0v) is 16.4. The molecule has 1 N–H and O–H groups in total. The number of para-hydroxylation sites is 1. The molecule has 0 amide bonds. The van der Waals surface area contributed by atoms with Crippen molar-refractivity contribution in [1.29, 1.82) is 5.26 Å². The van der Waals surface area contributed by atoms with Crippen LogP contribution in [-0.4, -0.2) is 27.0 Å². The zero-order chi connectivity index (χ0) is 19.0. The lowest BCUT2D eigenvalue weighted by atomic mass is 10.1. The molecule has 27 heavy (non-hydrogen) atoms. The third kappa shape index (κ3) is 3.11. The van der Waals surface area contributed by atoms with Gasteiger partial charge < -0.3 is 9.67 Å². The third-order valence-corrected chi connectivity index (χ3v) is 7.37. The Hall–Kier alpha value is -2.71. The van der Waals surface area contributed by atoms with Crippen molar-refractivity contribution in [2.24, 2.45) is 10.9 Å². The standard InChI is InChI=1S/C22H23N3OS/c1-15(2)13-21-24-11-12-27(21)22-19(14-23)18-5-3-4-6-20(18)25(22)16-7-9-17(26)10-8-16/h3-10,15,26-27H,11-13H2,1-2H3. The highest BCUT2D eigenvalue weighted by Gasteiger charge is 2.28. The molecule has 0 saturated carbocycles. The molecule has 2 aromatic carbocycles. The van der Waals surface area contributed by atoms with Crippen molar-refractivity contribution in [2.45, 2.75) is 25.3 Å². The zero-order valence-electron chi connectivity index (χ0n) is 15.6. The van der Waals surface area contributed by atoms with Crippen LogP contribution < -0.4 is 0 Å². The first-order valence-corrected chi connectivity index (χ1v) is 10.8. The van der Waals surface area contributed by atoms with Gasteiger partial charge in [0.1, 0.15) is 11.8 Å². The van der Waals surface area contributed by atoms with Gasteiger partial charge in [-0.15, -0.1) is 0 Å². The maximum atomic E-state index is 10.0. The number of phenols is 1. The van der Waals surface area contributed by atoms with Gasteiger partial charge in [-0.05, 0) is 42.7 Å². The number of hydrogen-bond donors (Lipinski definition) is 2. The van der Waals surface area contributed by atoms with Gasteiger partial charge in [-0.25, -0.2) is 0 Å². The average Bonchev–Trinajstić information content (AvgIpc) is 3.23. The van der Waals surface area contributed by atoms with Crippen LogP contribution in [0.4, 0.5) is 0 Å². The van der Waals surface area contributed by atoms with Crippen LogP contribution in [0.15, 0.2) is 58.5 Å². The van der Waals surface area contributed by atoms with Crippen LogP contribution in [0.1, 0.15) is 25.8 Å². The highest BCUT2D eigenvalue weighted by atomic mass is 32.2. The van der Waals surface area contributed by atoms with Crippen molar-refractivity contribution in [3.05, 3.63) is 54.1 Å². The normalized spacial score (nSPS) is 18.0. The molecule has 4 nitrogen and oxygen atoms in total. The first-order valence-electron chi connectivity index (χ1n) is 9.24. The molecular formula is C22H23N3OS. The number of hydrogen-bond acceptors (Lipinski definition) is 3. The number of thiol groups is 1. The molecule has 138 valence electrons. The molecule has 0 saturated heterocycles. The Morgan fingerprint density at radius 1 is 1.19 bits per heavy atom. The van der Waals surface area contributed by atoms with Crippen molar-refractivity contribution in [1.82, 2.24) is 4.57 Å². The van der Waals surface area contributed by atoms with E-state index in [9.17, 15) is 10.4 Å². The largest absolute Gasteiger partial charge is 0.508 e. The number of nitrogens with zero attached hydrogens (tertiary/aromatic N) is 3. The predicted molar refractivity (Wildman–Crippen MR) is 114 cm³/mol. The van der Waals surface area contributed by atoms with Gasteiger partial charge in [0, 0.05) is 23.4 Å².